The van der Waals surface area contributed by atoms with Gasteiger partial charge in [-0.1, -0.05) is 6.07 Å². The summed E-state index contributed by atoms with van der Waals surface area (Å²) in [5, 5.41) is 10.3. The number of nitrogens with zero attached hydrogens (tertiary/aromatic N) is 1. The van der Waals surface area contributed by atoms with Crippen LogP contribution in [-0.2, 0) is 6.42 Å². The minimum Gasteiger partial charge on any atom is -0.493 e. The molecule has 0 aliphatic carbocycles. The molecule has 0 aliphatic heterocycles. The Labute approximate surface area is 178 Å². The fourth-order valence-electron chi connectivity index (χ4n) is 3.05. The number of benzene rings is 2. The second-order valence-corrected chi connectivity index (χ2v) is 7.09. The second-order valence-electron chi connectivity index (χ2n) is 7.09. The average molecular weight is 418 g/mol. The monoisotopic (exact) mass is 417 g/mol. The van der Waals surface area contributed by atoms with E-state index in [1.165, 1.54) is 14.0 Å². The van der Waals surface area contributed by atoms with Crippen LogP contribution < -0.4 is 18.9 Å². The molecule has 7 heteroatoms. The maximum absolute atomic E-state index is 11.5. The van der Waals surface area contributed by atoms with Gasteiger partial charge in [0.05, 0.1) is 21.3 Å². The molecule has 0 saturated heterocycles. The van der Waals surface area contributed by atoms with Gasteiger partial charge in [0.1, 0.15) is 12.7 Å². The third kappa shape index (κ3) is 6.64. The minimum absolute atomic E-state index is 0.0454. The Hall–Kier alpha value is -2.77. The van der Waals surface area contributed by atoms with Gasteiger partial charge in [-0.05, 0) is 56.3 Å². The van der Waals surface area contributed by atoms with Crippen LogP contribution in [0.5, 0.6) is 23.0 Å². The van der Waals surface area contributed by atoms with E-state index in [-0.39, 0.29) is 12.4 Å². The highest BCUT2D eigenvalue weighted by Gasteiger charge is 2.13. The van der Waals surface area contributed by atoms with Gasteiger partial charge in [0.25, 0.3) is 0 Å². The fourth-order valence-corrected chi connectivity index (χ4v) is 3.05. The third-order valence-corrected chi connectivity index (χ3v) is 4.75. The number of ketones is 1. The number of methoxy groups -OCH3 is 3. The lowest BCUT2D eigenvalue weighted by Gasteiger charge is -2.21. The molecule has 0 saturated carbocycles. The quantitative estimate of drug-likeness (QED) is 0.532. The smallest absolute Gasteiger partial charge is 0.161 e. The van der Waals surface area contributed by atoms with Crippen molar-refractivity contribution in [3.05, 3.63) is 47.5 Å². The van der Waals surface area contributed by atoms with Crippen molar-refractivity contribution in [2.45, 2.75) is 19.4 Å². The predicted octanol–water partition coefficient (Wildman–Crippen LogP) is 2.83. The number of likely N-dealkylation sites (N-methyl/N-ethyl adjacent to an activating group) is 1. The summed E-state index contributed by atoms with van der Waals surface area (Å²) in [7, 11) is 6.70. The van der Waals surface area contributed by atoms with Gasteiger partial charge in [-0.25, -0.2) is 0 Å². The topological polar surface area (TPSA) is 77.5 Å². The summed E-state index contributed by atoms with van der Waals surface area (Å²) in [5.41, 5.74) is 1.68. The van der Waals surface area contributed by atoms with Crippen LogP contribution >= 0.6 is 0 Å². The number of rotatable bonds is 12. The SMILES string of the molecule is COc1ccc(CCN(C)C[C@H](O)COc2ccc(C(C)=O)cc2OC)cc1OC. The molecular formula is C23H31NO6. The van der Waals surface area contributed by atoms with Crippen molar-refractivity contribution < 1.29 is 28.8 Å². The summed E-state index contributed by atoms with van der Waals surface area (Å²) >= 11 is 0. The number of hydrogen-bond donors (Lipinski definition) is 1. The molecule has 2 aromatic rings. The van der Waals surface area contributed by atoms with Crippen molar-refractivity contribution in [2.24, 2.45) is 0 Å². The molecule has 0 amide bonds. The summed E-state index contributed by atoms with van der Waals surface area (Å²) in [4.78, 5) is 13.5. The molecule has 7 nitrogen and oxygen atoms in total. The molecule has 1 atom stereocenters. The maximum atomic E-state index is 11.5. The normalized spacial score (nSPS) is 11.8. The Morgan fingerprint density at radius 3 is 2.23 bits per heavy atom. The van der Waals surface area contributed by atoms with E-state index in [0.29, 0.717) is 35.1 Å². The van der Waals surface area contributed by atoms with Gasteiger partial charge in [0, 0.05) is 18.7 Å². The molecule has 2 rings (SSSR count). The zero-order valence-corrected chi connectivity index (χ0v) is 18.3. The summed E-state index contributed by atoms with van der Waals surface area (Å²) < 4.78 is 21.6. The first-order valence-electron chi connectivity index (χ1n) is 9.77. The summed E-state index contributed by atoms with van der Waals surface area (Å²) in [6, 6.07) is 10.9. The van der Waals surface area contributed by atoms with Gasteiger partial charge < -0.3 is 29.0 Å². The number of hydrogen-bond acceptors (Lipinski definition) is 7. The molecule has 1 N–H and O–H groups in total. The standard InChI is InChI=1S/C23H31NO6/c1-16(25)18-7-9-21(23(13-18)29-5)30-15-19(26)14-24(2)11-10-17-6-8-20(27-3)22(12-17)28-4/h6-9,12-13,19,26H,10-11,14-15H2,1-5H3/t19-/m0/s1. The number of ether oxygens (including phenoxy) is 4. The number of carbonyl (C=O) groups excluding carboxylic acids is 1. The van der Waals surface area contributed by atoms with Crippen molar-refractivity contribution in [3.8, 4) is 23.0 Å². The number of carbonyl (C=O) groups is 1. The van der Waals surface area contributed by atoms with E-state index in [1.54, 1.807) is 32.4 Å². The van der Waals surface area contributed by atoms with E-state index in [1.807, 2.05) is 30.1 Å². The molecular weight excluding hydrogens is 386 g/mol. The third-order valence-electron chi connectivity index (χ3n) is 4.75. The lowest BCUT2D eigenvalue weighted by Crippen LogP contribution is -2.34. The lowest BCUT2D eigenvalue weighted by molar-refractivity contribution is 0.0755. The van der Waals surface area contributed by atoms with Gasteiger partial charge in [0.2, 0.25) is 0 Å². The van der Waals surface area contributed by atoms with Crippen molar-refractivity contribution in [3.63, 3.8) is 0 Å². The highest BCUT2D eigenvalue weighted by Crippen LogP contribution is 2.29. The Kier molecular flexibility index (Phi) is 8.95. The first-order chi connectivity index (χ1) is 14.4. The van der Waals surface area contributed by atoms with Crippen LogP contribution in [0, 0.1) is 0 Å². The lowest BCUT2D eigenvalue weighted by atomic mass is 10.1. The second kappa shape index (κ2) is 11.4. The number of aliphatic hydroxyl groups excluding tert-OH is 1. The zero-order valence-electron chi connectivity index (χ0n) is 18.3. The Balaban J connectivity index is 1.83. The van der Waals surface area contributed by atoms with E-state index in [2.05, 4.69) is 0 Å². The molecule has 2 aromatic carbocycles. The van der Waals surface area contributed by atoms with Gasteiger partial charge in [0.15, 0.2) is 28.8 Å². The van der Waals surface area contributed by atoms with Crippen LogP contribution in [-0.4, -0.2) is 70.0 Å². The molecule has 0 aliphatic rings. The Morgan fingerprint density at radius 1 is 0.967 bits per heavy atom. The van der Waals surface area contributed by atoms with Gasteiger partial charge >= 0.3 is 0 Å². The molecule has 0 heterocycles. The van der Waals surface area contributed by atoms with Gasteiger partial charge in [-0.3, -0.25) is 4.79 Å². The van der Waals surface area contributed by atoms with Crippen LogP contribution in [0.4, 0.5) is 0 Å². The maximum Gasteiger partial charge on any atom is 0.161 e. The van der Waals surface area contributed by atoms with Crippen LogP contribution in [0.15, 0.2) is 36.4 Å². The molecule has 0 radical (unpaired) electrons. The van der Waals surface area contributed by atoms with E-state index in [0.717, 1.165) is 18.5 Å². The van der Waals surface area contributed by atoms with Crippen LogP contribution in [0.3, 0.4) is 0 Å². The van der Waals surface area contributed by atoms with E-state index < -0.39 is 6.10 Å². The molecule has 0 aromatic heterocycles. The van der Waals surface area contributed by atoms with E-state index in [4.69, 9.17) is 18.9 Å². The highest BCUT2D eigenvalue weighted by atomic mass is 16.5. The Bertz CT molecular complexity index is 838. The van der Waals surface area contributed by atoms with Crippen molar-refractivity contribution in [1.82, 2.24) is 4.90 Å². The van der Waals surface area contributed by atoms with Crippen LogP contribution in [0.1, 0.15) is 22.8 Å². The first-order valence-corrected chi connectivity index (χ1v) is 9.77. The summed E-state index contributed by atoms with van der Waals surface area (Å²) in [6.07, 6.45) is 0.141. The van der Waals surface area contributed by atoms with Crippen molar-refractivity contribution in [2.75, 3.05) is 48.1 Å². The predicted molar refractivity (Wildman–Crippen MR) is 115 cm³/mol. The molecule has 30 heavy (non-hydrogen) atoms. The summed E-state index contributed by atoms with van der Waals surface area (Å²) in [5.74, 6) is 2.33. The van der Waals surface area contributed by atoms with Crippen molar-refractivity contribution >= 4 is 5.78 Å². The highest BCUT2D eigenvalue weighted by molar-refractivity contribution is 5.94. The van der Waals surface area contributed by atoms with E-state index in [9.17, 15) is 9.90 Å². The largest absolute Gasteiger partial charge is 0.493 e. The first kappa shape index (κ1) is 23.5. The molecule has 0 bridgehead atoms. The molecule has 0 fully saturated rings. The van der Waals surface area contributed by atoms with E-state index >= 15 is 0 Å². The Morgan fingerprint density at radius 2 is 1.60 bits per heavy atom. The van der Waals surface area contributed by atoms with Gasteiger partial charge in [-0.2, -0.15) is 0 Å². The zero-order chi connectivity index (χ0) is 22.1. The van der Waals surface area contributed by atoms with Gasteiger partial charge in [-0.15, -0.1) is 0 Å². The fraction of sp³-hybridized carbons (Fsp3) is 0.435. The number of aliphatic hydroxyl groups is 1. The van der Waals surface area contributed by atoms with Crippen LogP contribution in [0.25, 0.3) is 0 Å². The van der Waals surface area contributed by atoms with Crippen LogP contribution in [0.2, 0.25) is 0 Å². The molecule has 0 unspecified atom stereocenters. The molecule has 0 spiro atoms. The van der Waals surface area contributed by atoms with Crippen molar-refractivity contribution in [1.29, 1.82) is 0 Å². The number of Topliss-reactive ketones (excluding diaryl/α,β-unsaturated/α-hetero) is 1. The average Bonchev–Trinajstić information content (AvgIpc) is 2.75. The molecule has 164 valence electrons. The summed E-state index contributed by atoms with van der Waals surface area (Å²) in [6.45, 7) is 2.84. The minimum atomic E-state index is -0.669.